The second-order valence-electron chi connectivity index (χ2n) is 5.53. The molecular formula is C13H25NO. The lowest BCUT2D eigenvalue weighted by molar-refractivity contribution is 0.166. The van der Waals surface area contributed by atoms with Crippen molar-refractivity contribution in [2.75, 3.05) is 26.7 Å². The highest BCUT2D eigenvalue weighted by Crippen LogP contribution is 2.39. The van der Waals surface area contributed by atoms with Crippen LogP contribution >= 0.6 is 0 Å². The molecule has 1 saturated carbocycles. The van der Waals surface area contributed by atoms with Crippen molar-refractivity contribution < 1.29 is 5.11 Å². The van der Waals surface area contributed by atoms with Gasteiger partial charge in [-0.2, -0.15) is 0 Å². The van der Waals surface area contributed by atoms with Gasteiger partial charge in [0.15, 0.2) is 0 Å². The predicted octanol–water partition coefficient (Wildman–Crippen LogP) is 2.13. The highest BCUT2D eigenvalue weighted by atomic mass is 16.3. The van der Waals surface area contributed by atoms with Crippen LogP contribution < -0.4 is 0 Å². The lowest BCUT2D eigenvalue weighted by Crippen LogP contribution is -2.25. The number of aliphatic hydroxyl groups is 1. The Labute approximate surface area is 93.7 Å². The first kappa shape index (κ1) is 11.4. The first-order valence-corrected chi connectivity index (χ1v) is 6.60. The summed E-state index contributed by atoms with van der Waals surface area (Å²) in [6.07, 6.45) is 8.10. The maximum Gasteiger partial charge on any atom is 0.0433 e. The van der Waals surface area contributed by atoms with Crippen LogP contribution in [-0.4, -0.2) is 36.8 Å². The summed E-state index contributed by atoms with van der Waals surface area (Å²) in [7, 11) is 2.23. The second-order valence-corrected chi connectivity index (χ2v) is 5.53. The molecule has 1 aliphatic carbocycles. The van der Waals surface area contributed by atoms with E-state index in [2.05, 4.69) is 11.9 Å². The third-order valence-corrected chi connectivity index (χ3v) is 4.50. The van der Waals surface area contributed by atoms with Crippen LogP contribution in [0, 0.1) is 17.8 Å². The molecule has 2 heteroatoms. The van der Waals surface area contributed by atoms with Crippen molar-refractivity contribution in [1.29, 1.82) is 0 Å². The average molecular weight is 211 g/mol. The van der Waals surface area contributed by atoms with Crippen molar-refractivity contribution in [3.63, 3.8) is 0 Å². The minimum Gasteiger partial charge on any atom is -0.396 e. The summed E-state index contributed by atoms with van der Waals surface area (Å²) in [5, 5.41) is 9.21. The average Bonchev–Trinajstić information content (AvgIpc) is 2.85. The van der Waals surface area contributed by atoms with Gasteiger partial charge in [0, 0.05) is 13.2 Å². The van der Waals surface area contributed by atoms with Crippen LogP contribution in [0.1, 0.15) is 38.5 Å². The number of likely N-dealkylation sites (tertiary alicyclic amines) is 1. The molecule has 1 aliphatic heterocycles. The molecule has 2 nitrogen and oxygen atoms in total. The zero-order valence-corrected chi connectivity index (χ0v) is 9.99. The van der Waals surface area contributed by atoms with Gasteiger partial charge in [0.05, 0.1) is 0 Å². The van der Waals surface area contributed by atoms with E-state index in [1.807, 2.05) is 0 Å². The Morgan fingerprint density at radius 2 is 1.93 bits per heavy atom. The van der Waals surface area contributed by atoms with Gasteiger partial charge < -0.3 is 10.0 Å². The summed E-state index contributed by atoms with van der Waals surface area (Å²) < 4.78 is 0. The normalized spacial score (nSPS) is 31.2. The number of hydrogen-bond donors (Lipinski definition) is 1. The molecule has 0 aromatic heterocycles. The summed E-state index contributed by atoms with van der Waals surface area (Å²) >= 11 is 0. The SMILES string of the molecule is CN1CCC(C(CCO)C2CCCC2)C1. The van der Waals surface area contributed by atoms with E-state index in [9.17, 15) is 5.11 Å². The molecule has 0 bridgehead atoms. The van der Waals surface area contributed by atoms with Crippen LogP contribution in [0.15, 0.2) is 0 Å². The van der Waals surface area contributed by atoms with Crippen LogP contribution in [0.5, 0.6) is 0 Å². The highest BCUT2D eigenvalue weighted by molar-refractivity contribution is 4.85. The van der Waals surface area contributed by atoms with Crippen molar-refractivity contribution in [2.24, 2.45) is 17.8 Å². The Hall–Kier alpha value is -0.0800. The van der Waals surface area contributed by atoms with Gasteiger partial charge in [0.2, 0.25) is 0 Å². The Bertz CT molecular complexity index is 189. The zero-order chi connectivity index (χ0) is 10.7. The van der Waals surface area contributed by atoms with Gasteiger partial charge in [0.25, 0.3) is 0 Å². The lowest BCUT2D eigenvalue weighted by Gasteiger charge is -2.28. The molecule has 2 rings (SSSR count). The summed E-state index contributed by atoms with van der Waals surface area (Å²) in [4.78, 5) is 2.45. The maximum atomic E-state index is 9.21. The fraction of sp³-hybridized carbons (Fsp3) is 1.00. The zero-order valence-electron chi connectivity index (χ0n) is 9.99. The molecule has 2 atom stereocenters. The van der Waals surface area contributed by atoms with Gasteiger partial charge in [-0.25, -0.2) is 0 Å². The summed E-state index contributed by atoms with van der Waals surface area (Å²) in [5.41, 5.74) is 0. The largest absolute Gasteiger partial charge is 0.396 e. The van der Waals surface area contributed by atoms with E-state index < -0.39 is 0 Å². The smallest absolute Gasteiger partial charge is 0.0433 e. The van der Waals surface area contributed by atoms with E-state index in [1.54, 1.807) is 0 Å². The summed E-state index contributed by atoms with van der Waals surface area (Å²) in [6, 6.07) is 0. The van der Waals surface area contributed by atoms with Gasteiger partial charge in [-0.15, -0.1) is 0 Å². The van der Waals surface area contributed by atoms with E-state index in [1.165, 1.54) is 45.2 Å². The molecule has 1 saturated heterocycles. The molecule has 2 aliphatic rings. The first-order valence-electron chi connectivity index (χ1n) is 6.60. The molecule has 0 spiro atoms. The Morgan fingerprint density at radius 3 is 2.47 bits per heavy atom. The van der Waals surface area contributed by atoms with Crippen LogP contribution in [-0.2, 0) is 0 Å². The molecule has 88 valence electrons. The Morgan fingerprint density at radius 1 is 1.20 bits per heavy atom. The van der Waals surface area contributed by atoms with Gasteiger partial charge in [-0.3, -0.25) is 0 Å². The Balaban J connectivity index is 1.92. The predicted molar refractivity (Wildman–Crippen MR) is 62.8 cm³/mol. The van der Waals surface area contributed by atoms with E-state index in [0.717, 1.165) is 24.2 Å². The number of nitrogens with zero attached hydrogens (tertiary/aromatic N) is 1. The molecule has 2 unspecified atom stereocenters. The molecule has 1 heterocycles. The standard InChI is InChI=1S/C13H25NO/c1-14-8-6-12(10-14)13(7-9-15)11-4-2-3-5-11/h11-13,15H,2-10H2,1H3. The van der Waals surface area contributed by atoms with E-state index in [-0.39, 0.29) is 0 Å². The fourth-order valence-corrected chi connectivity index (χ4v) is 3.71. The molecule has 2 fully saturated rings. The molecule has 15 heavy (non-hydrogen) atoms. The van der Waals surface area contributed by atoms with Crippen LogP contribution in [0.2, 0.25) is 0 Å². The molecule has 0 aromatic rings. The highest BCUT2D eigenvalue weighted by Gasteiger charge is 2.33. The topological polar surface area (TPSA) is 23.5 Å². The van der Waals surface area contributed by atoms with Gasteiger partial charge in [-0.05, 0) is 44.2 Å². The second kappa shape index (κ2) is 5.31. The Kier molecular flexibility index (Phi) is 4.04. The molecule has 0 aromatic carbocycles. The van der Waals surface area contributed by atoms with Crippen LogP contribution in [0.3, 0.4) is 0 Å². The van der Waals surface area contributed by atoms with Crippen molar-refractivity contribution in [3.05, 3.63) is 0 Å². The van der Waals surface area contributed by atoms with E-state index >= 15 is 0 Å². The minimum atomic E-state index is 0.390. The molecular weight excluding hydrogens is 186 g/mol. The van der Waals surface area contributed by atoms with Crippen molar-refractivity contribution in [3.8, 4) is 0 Å². The summed E-state index contributed by atoms with van der Waals surface area (Å²) in [6.45, 7) is 2.92. The van der Waals surface area contributed by atoms with E-state index in [4.69, 9.17) is 0 Å². The number of hydrogen-bond acceptors (Lipinski definition) is 2. The maximum absolute atomic E-state index is 9.21. The van der Waals surface area contributed by atoms with Crippen molar-refractivity contribution in [1.82, 2.24) is 4.90 Å². The van der Waals surface area contributed by atoms with E-state index in [0.29, 0.717) is 6.61 Å². The van der Waals surface area contributed by atoms with Crippen molar-refractivity contribution in [2.45, 2.75) is 38.5 Å². The van der Waals surface area contributed by atoms with Crippen molar-refractivity contribution >= 4 is 0 Å². The molecule has 1 N–H and O–H groups in total. The third-order valence-electron chi connectivity index (χ3n) is 4.50. The van der Waals surface area contributed by atoms with Gasteiger partial charge >= 0.3 is 0 Å². The fourth-order valence-electron chi connectivity index (χ4n) is 3.71. The number of rotatable bonds is 4. The third kappa shape index (κ3) is 2.73. The lowest BCUT2D eigenvalue weighted by atomic mass is 9.78. The monoisotopic (exact) mass is 211 g/mol. The van der Waals surface area contributed by atoms with Gasteiger partial charge in [0.1, 0.15) is 0 Å². The number of aliphatic hydroxyl groups excluding tert-OH is 1. The quantitative estimate of drug-likeness (QED) is 0.770. The molecule has 0 amide bonds. The first-order chi connectivity index (χ1) is 7.31. The summed E-state index contributed by atoms with van der Waals surface area (Å²) in [5.74, 6) is 2.60. The molecule has 0 radical (unpaired) electrons. The van der Waals surface area contributed by atoms with Gasteiger partial charge in [-0.1, -0.05) is 25.7 Å². The minimum absolute atomic E-state index is 0.390. The van der Waals surface area contributed by atoms with Crippen LogP contribution in [0.25, 0.3) is 0 Å². The van der Waals surface area contributed by atoms with Crippen LogP contribution in [0.4, 0.5) is 0 Å².